The van der Waals surface area contributed by atoms with Crippen LogP contribution in [0.15, 0.2) is 18.2 Å². The molecule has 100 valence electrons. The van der Waals surface area contributed by atoms with E-state index in [-0.39, 0.29) is 18.2 Å². The zero-order valence-electron chi connectivity index (χ0n) is 10.5. The Labute approximate surface area is 114 Å². The second kappa shape index (κ2) is 6.73. The van der Waals surface area contributed by atoms with Crippen LogP contribution in [0.5, 0.6) is 5.75 Å². The van der Waals surface area contributed by atoms with Gasteiger partial charge in [0.2, 0.25) is 0 Å². The van der Waals surface area contributed by atoms with Crippen molar-refractivity contribution in [2.75, 3.05) is 33.2 Å². The van der Waals surface area contributed by atoms with Crippen LogP contribution < -0.4 is 0 Å². The third kappa shape index (κ3) is 3.70. The Morgan fingerprint density at radius 2 is 1.94 bits per heavy atom. The van der Waals surface area contributed by atoms with Crippen molar-refractivity contribution in [3.63, 3.8) is 0 Å². The molecule has 18 heavy (non-hydrogen) atoms. The fourth-order valence-corrected chi connectivity index (χ4v) is 2.05. The van der Waals surface area contributed by atoms with E-state index in [0.717, 1.165) is 38.0 Å². The van der Waals surface area contributed by atoms with Gasteiger partial charge in [-0.05, 0) is 25.2 Å². The first-order chi connectivity index (χ1) is 8.19. The summed E-state index contributed by atoms with van der Waals surface area (Å²) in [7, 11) is 2.11. The maximum absolute atomic E-state index is 10.7. The highest BCUT2D eigenvalue weighted by atomic mass is 35.5. The van der Waals surface area contributed by atoms with E-state index in [4.69, 9.17) is 0 Å². The van der Waals surface area contributed by atoms with Crippen molar-refractivity contribution in [3.8, 4) is 5.75 Å². The van der Waals surface area contributed by atoms with Crippen LogP contribution in [0.4, 0.5) is 0 Å². The lowest BCUT2D eigenvalue weighted by molar-refractivity contribution is 0.112. The summed E-state index contributed by atoms with van der Waals surface area (Å²) in [6.07, 6.45) is 0.812. The summed E-state index contributed by atoms with van der Waals surface area (Å²) in [6, 6.07) is 4.99. The number of phenolic OH excluding ortho intramolecular Hbond substituents is 1. The average Bonchev–Trinajstić information content (AvgIpc) is 2.35. The van der Waals surface area contributed by atoms with Crippen molar-refractivity contribution in [3.05, 3.63) is 29.3 Å². The molecule has 0 spiro atoms. The van der Waals surface area contributed by atoms with Gasteiger partial charge >= 0.3 is 0 Å². The number of hydrogen-bond donors (Lipinski definition) is 1. The summed E-state index contributed by atoms with van der Waals surface area (Å²) in [4.78, 5) is 15.3. The highest BCUT2D eigenvalue weighted by Gasteiger charge is 2.15. The van der Waals surface area contributed by atoms with Gasteiger partial charge in [-0.15, -0.1) is 12.4 Å². The molecule has 1 aliphatic rings. The van der Waals surface area contributed by atoms with Gasteiger partial charge in [0, 0.05) is 43.9 Å². The van der Waals surface area contributed by atoms with E-state index in [1.807, 2.05) is 0 Å². The first kappa shape index (κ1) is 15.0. The van der Waals surface area contributed by atoms with Crippen molar-refractivity contribution < 1.29 is 9.90 Å². The summed E-state index contributed by atoms with van der Waals surface area (Å²) >= 11 is 0. The topological polar surface area (TPSA) is 43.8 Å². The number of carbonyl (C=O) groups is 1. The largest absolute Gasteiger partial charge is 0.508 e. The zero-order chi connectivity index (χ0) is 12.3. The molecule has 0 bridgehead atoms. The number of likely N-dealkylation sites (N-methyl/N-ethyl adjacent to an activating group) is 1. The molecule has 1 heterocycles. The molecule has 2 rings (SSSR count). The predicted octanol–water partition coefficient (Wildman–Crippen LogP) is 1.37. The van der Waals surface area contributed by atoms with Crippen molar-refractivity contribution in [1.29, 1.82) is 0 Å². The fourth-order valence-electron chi connectivity index (χ4n) is 2.05. The van der Waals surface area contributed by atoms with E-state index in [9.17, 15) is 9.90 Å². The van der Waals surface area contributed by atoms with Crippen LogP contribution in [-0.2, 0) is 6.54 Å². The van der Waals surface area contributed by atoms with Gasteiger partial charge in [-0.2, -0.15) is 0 Å². The van der Waals surface area contributed by atoms with Crippen LogP contribution in [0.1, 0.15) is 15.9 Å². The molecule has 1 aromatic rings. The van der Waals surface area contributed by atoms with E-state index < -0.39 is 0 Å². The minimum Gasteiger partial charge on any atom is -0.508 e. The van der Waals surface area contributed by atoms with Crippen LogP contribution >= 0.6 is 12.4 Å². The zero-order valence-corrected chi connectivity index (χ0v) is 11.3. The molecule has 0 aromatic heterocycles. The second-order valence-corrected chi connectivity index (χ2v) is 4.59. The lowest BCUT2D eigenvalue weighted by atomic mass is 10.1. The number of piperazine rings is 1. The molecule has 1 aliphatic heterocycles. The Morgan fingerprint density at radius 3 is 2.56 bits per heavy atom. The number of halogens is 1. The molecular weight excluding hydrogens is 252 g/mol. The number of hydrogen-bond acceptors (Lipinski definition) is 4. The number of carbonyl (C=O) groups excluding carboxylic acids is 1. The molecule has 0 radical (unpaired) electrons. The van der Waals surface area contributed by atoms with Crippen LogP contribution in [0.2, 0.25) is 0 Å². The smallest absolute Gasteiger partial charge is 0.150 e. The van der Waals surface area contributed by atoms with Gasteiger partial charge in [-0.1, -0.05) is 0 Å². The first-order valence-electron chi connectivity index (χ1n) is 5.87. The van der Waals surface area contributed by atoms with Crippen LogP contribution in [-0.4, -0.2) is 54.4 Å². The summed E-state index contributed by atoms with van der Waals surface area (Å²) in [5, 5.41) is 9.76. The third-order valence-corrected chi connectivity index (χ3v) is 3.23. The second-order valence-electron chi connectivity index (χ2n) is 4.59. The molecule has 0 amide bonds. The minimum atomic E-state index is 0. The summed E-state index contributed by atoms with van der Waals surface area (Å²) < 4.78 is 0. The Kier molecular flexibility index (Phi) is 5.59. The van der Waals surface area contributed by atoms with Gasteiger partial charge in [0.05, 0.1) is 0 Å². The standard InChI is InChI=1S/C13H18N2O2.ClH/c1-14-4-6-15(7-5-14)9-12-8-11(10-16)2-3-13(12)17;/h2-3,8,10,17H,4-7,9H2,1H3;1H. The monoisotopic (exact) mass is 270 g/mol. The van der Waals surface area contributed by atoms with Gasteiger partial charge in [0.25, 0.3) is 0 Å². The van der Waals surface area contributed by atoms with Crippen LogP contribution in [0, 0.1) is 0 Å². The molecule has 1 aromatic carbocycles. The fraction of sp³-hybridized carbons (Fsp3) is 0.462. The molecule has 1 N–H and O–H groups in total. The number of rotatable bonds is 3. The molecule has 5 heteroatoms. The van der Waals surface area contributed by atoms with E-state index in [2.05, 4.69) is 16.8 Å². The summed E-state index contributed by atoms with van der Waals surface area (Å²) in [5.41, 5.74) is 1.45. The van der Waals surface area contributed by atoms with Gasteiger partial charge in [0.15, 0.2) is 0 Å². The Hall–Kier alpha value is -1.10. The summed E-state index contributed by atoms with van der Waals surface area (Å²) in [6.45, 7) is 4.81. The lowest BCUT2D eigenvalue weighted by Gasteiger charge is -2.32. The molecular formula is C13H19ClN2O2. The number of aromatic hydroxyl groups is 1. The van der Waals surface area contributed by atoms with Crippen molar-refractivity contribution in [2.24, 2.45) is 0 Å². The van der Waals surface area contributed by atoms with Crippen LogP contribution in [0.25, 0.3) is 0 Å². The lowest BCUT2D eigenvalue weighted by Crippen LogP contribution is -2.43. The van der Waals surface area contributed by atoms with E-state index in [1.165, 1.54) is 0 Å². The molecule has 0 aliphatic carbocycles. The van der Waals surface area contributed by atoms with E-state index in [0.29, 0.717) is 12.1 Å². The summed E-state index contributed by atoms with van der Waals surface area (Å²) in [5.74, 6) is 0.273. The van der Waals surface area contributed by atoms with E-state index >= 15 is 0 Å². The van der Waals surface area contributed by atoms with E-state index in [1.54, 1.807) is 18.2 Å². The highest BCUT2D eigenvalue weighted by molar-refractivity contribution is 5.85. The third-order valence-electron chi connectivity index (χ3n) is 3.23. The number of nitrogens with zero attached hydrogens (tertiary/aromatic N) is 2. The Morgan fingerprint density at radius 1 is 1.28 bits per heavy atom. The van der Waals surface area contributed by atoms with Crippen molar-refractivity contribution in [1.82, 2.24) is 9.80 Å². The molecule has 0 saturated carbocycles. The maximum atomic E-state index is 10.7. The Bertz CT molecular complexity index is 404. The molecule has 1 fully saturated rings. The first-order valence-corrected chi connectivity index (χ1v) is 5.87. The van der Waals surface area contributed by atoms with Gasteiger partial charge in [-0.25, -0.2) is 0 Å². The molecule has 0 atom stereocenters. The molecule has 0 unspecified atom stereocenters. The van der Waals surface area contributed by atoms with Crippen LogP contribution in [0.3, 0.4) is 0 Å². The SMILES string of the molecule is CN1CCN(Cc2cc(C=O)ccc2O)CC1.Cl. The van der Waals surface area contributed by atoms with Crippen molar-refractivity contribution >= 4 is 18.7 Å². The molecule has 4 nitrogen and oxygen atoms in total. The van der Waals surface area contributed by atoms with Gasteiger partial charge in [-0.3, -0.25) is 9.69 Å². The normalized spacial score (nSPS) is 17.2. The maximum Gasteiger partial charge on any atom is 0.150 e. The minimum absolute atomic E-state index is 0. The quantitative estimate of drug-likeness (QED) is 0.843. The predicted molar refractivity (Wildman–Crippen MR) is 73.5 cm³/mol. The van der Waals surface area contributed by atoms with Crippen molar-refractivity contribution in [2.45, 2.75) is 6.54 Å². The van der Waals surface area contributed by atoms with Gasteiger partial charge in [0.1, 0.15) is 12.0 Å². The number of benzene rings is 1. The van der Waals surface area contributed by atoms with Gasteiger partial charge < -0.3 is 10.0 Å². The number of aldehydes is 1. The highest BCUT2D eigenvalue weighted by Crippen LogP contribution is 2.20. The average molecular weight is 271 g/mol. The molecule has 1 saturated heterocycles. The Balaban J connectivity index is 0.00000162. The number of phenols is 1.